The van der Waals surface area contributed by atoms with Gasteiger partial charge in [0, 0.05) is 12.1 Å². The van der Waals surface area contributed by atoms with Gasteiger partial charge in [0.15, 0.2) is 0 Å². The Morgan fingerprint density at radius 3 is 2.85 bits per heavy atom. The number of rotatable bonds is 2. The first-order valence-corrected chi connectivity index (χ1v) is 4.51. The van der Waals surface area contributed by atoms with E-state index in [2.05, 4.69) is 0 Å². The van der Waals surface area contributed by atoms with Crippen molar-refractivity contribution in [2.24, 2.45) is 5.73 Å². The molecule has 0 aromatic carbocycles. The molecule has 3 N–H and O–H groups in total. The van der Waals surface area contributed by atoms with Crippen molar-refractivity contribution in [3.05, 3.63) is 35.6 Å². The normalized spacial score (nSPS) is 20.5. The zero-order valence-electron chi connectivity index (χ0n) is 8.25. The highest BCUT2D eigenvalue weighted by molar-refractivity contribution is 5.33. The third-order valence-electron chi connectivity index (χ3n) is 1.89. The van der Waals surface area contributed by atoms with Crippen molar-refractivity contribution < 1.29 is 5.11 Å². The van der Waals surface area contributed by atoms with Gasteiger partial charge in [0.25, 0.3) is 0 Å². The van der Waals surface area contributed by atoms with Gasteiger partial charge in [-0.05, 0) is 31.9 Å². The molecule has 1 rings (SSSR count). The maximum atomic E-state index is 9.50. The Morgan fingerprint density at radius 2 is 2.31 bits per heavy atom. The van der Waals surface area contributed by atoms with Gasteiger partial charge < -0.3 is 10.8 Å². The van der Waals surface area contributed by atoms with Crippen LogP contribution in [0.4, 0.5) is 0 Å². The third-order valence-corrected chi connectivity index (χ3v) is 1.89. The van der Waals surface area contributed by atoms with Crippen LogP contribution in [0.5, 0.6) is 0 Å². The van der Waals surface area contributed by atoms with E-state index in [1.165, 1.54) is 5.57 Å². The molecule has 0 spiro atoms. The van der Waals surface area contributed by atoms with Crippen LogP contribution in [0.3, 0.4) is 0 Å². The average molecular weight is 179 g/mol. The topological polar surface area (TPSA) is 46.2 Å². The highest BCUT2D eigenvalue weighted by atomic mass is 16.3. The molecular formula is C11H17NO. The highest BCUT2D eigenvalue weighted by Crippen LogP contribution is 2.17. The first kappa shape index (κ1) is 10.1. The Bertz CT molecular complexity index is 266. The molecule has 0 aromatic rings. The largest absolute Gasteiger partial charge is 0.402 e. The summed E-state index contributed by atoms with van der Waals surface area (Å²) in [4.78, 5) is 0. The minimum Gasteiger partial charge on any atom is -0.402 e. The van der Waals surface area contributed by atoms with Crippen LogP contribution in [-0.2, 0) is 0 Å². The molecule has 0 fully saturated rings. The van der Waals surface area contributed by atoms with Crippen molar-refractivity contribution in [2.75, 3.05) is 0 Å². The summed E-state index contributed by atoms with van der Waals surface area (Å²) in [6, 6.07) is 0. The van der Waals surface area contributed by atoms with E-state index in [1.807, 2.05) is 24.3 Å². The van der Waals surface area contributed by atoms with Crippen molar-refractivity contribution >= 4 is 0 Å². The lowest BCUT2D eigenvalue weighted by molar-refractivity contribution is 0.0837. The number of aliphatic hydroxyl groups is 1. The lowest BCUT2D eigenvalue weighted by Crippen LogP contribution is -2.17. The van der Waals surface area contributed by atoms with Gasteiger partial charge in [-0.15, -0.1) is 0 Å². The van der Waals surface area contributed by atoms with E-state index in [9.17, 15) is 5.11 Å². The summed E-state index contributed by atoms with van der Waals surface area (Å²) in [6.45, 7) is 3.60. The molecule has 0 amide bonds. The van der Waals surface area contributed by atoms with E-state index >= 15 is 0 Å². The Kier molecular flexibility index (Phi) is 2.94. The van der Waals surface area contributed by atoms with Crippen molar-refractivity contribution in [1.29, 1.82) is 0 Å². The second kappa shape index (κ2) is 3.79. The zero-order valence-corrected chi connectivity index (χ0v) is 8.25. The summed E-state index contributed by atoms with van der Waals surface area (Å²) in [5.41, 5.74) is 7.10. The monoisotopic (exact) mass is 179 g/mol. The fourth-order valence-corrected chi connectivity index (χ4v) is 1.17. The predicted molar refractivity (Wildman–Crippen MR) is 55.0 cm³/mol. The number of hydrogen-bond donors (Lipinski definition) is 2. The quantitative estimate of drug-likeness (QED) is 0.679. The van der Waals surface area contributed by atoms with Crippen LogP contribution >= 0.6 is 0 Å². The van der Waals surface area contributed by atoms with Gasteiger partial charge in [-0.2, -0.15) is 0 Å². The Labute approximate surface area is 79.4 Å². The van der Waals surface area contributed by atoms with Crippen molar-refractivity contribution in [2.45, 2.75) is 32.3 Å². The summed E-state index contributed by atoms with van der Waals surface area (Å²) in [5, 5.41) is 9.50. The molecule has 0 aliphatic heterocycles. The lowest BCUT2D eigenvalue weighted by atomic mass is 9.99. The summed E-state index contributed by atoms with van der Waals surface area (Å²) in [7, 11) is 0. The summed E-state index contributed by atoms with van der Waals surface area (Å²) < 4.78 is 0. The van der Waals surface area contributed by atoms with Gasteiger partial charge in [-0.1, -0.05) is 18.2 Å². The van der Waals surface area contributed by atoms with Crippen LogP contribution in [0.15, 0.2) is 35.6 Å². The molecule has 0 radical (unpaired) electrons. The second-order valence-corrected chi connectivity index (χ2v) is 4.07. The van der Waals surface area contributed by atoms with Crippen molar-refractivity contribution in [3.8, 4) is 0 Å². The molecular weight excluding hydrogens is 162 g/mol. The maximum absolute atomic E-state index is 9.50. The van der Waals surface area contributed by atoms with Gasteiger partial charge in [-0.25, -0.2) is 0 Å². The number of allylic oxidation sites excluding steroid dienone is 4. The second-order valence-electron chi connectivity index (χ2n) is 4.07. The smallest absolute Gasteiger partial charge is 0.0626 e. The molecule has 0 aromatic heterocycles. The van der Waals surface area contributed by atoms with Crippen LogP contribution in [0.2, 0.25) is 0 Å². The molecule has 2 nitrogen and oxygen atoms in total. The van der Waals surface area contributed by atoms with E-state index in [0.29, 0.717) is 6.42 Å². The molecule has 0 unspecified atom stereocenters. The third kappa shape index (κ3) is 3.95. The highest BCUT2D eigenvalue weighted by Gasteiger charge is 2.10. The molecule has 0 saturated heterocycles. The molecule has 1 aliphatic carbocycles. The molecule has 0 bridgehead atoms. The molecule has 1 aliphatic rings. The molecule has 0 heterocycles. The van der Waals surface area contributed by atoms with Crippen LogP contribution < -0.4 is 5.73 Å². The zero-order chi connectivity index (χ0) is 9.90. The van der Waals surface area contributed by atoms with Crippen LogP contribution in [0.1, 0.15) is 26.7 Å². The number of hydrogen-bond acceptors (Lipinski definition) is 2. The first-order chi connectivity index (χ1) is 5.97. The summed E-state index contributed by atoms with van der Waals surface area (Å²) >= 11 is 0. The Morgan fingerprint density at radius 1 is 1.62 bits per heavy atom. The van der Waals surface area contributed by atoms with Gasteiger partial charge in [-0.3, -0.25) is 0 Å². The fraction of sp³-hybridized carbons (Fsp3) is 0.455. The van der Waals surface area contributed by atoms with Gasteiger partial charge >= 0.3 is 0 Å². The Hall–Kier alpha value is -1.02. The summed E-state index contributed by atoms with van der Waals surface area (Å²) in [6.07, 6.45) is 9.38. The van der Waals surface area contributed by atoms with Crippen LogP contribution in [-0.4, -0.2) is 10.7 Å². The van der Waals surface area contributed by atoms with Crippen molar-refractivity contribution in [3.63, 3.8) is 0 Å². The molecule has 72 valence electrons. The van der Waals surface area contributed by atoms with E-state index in [1.54, 1.807) is 13.8 Å². The van der Waals surface area contributed by atoms with Crippen LogP contribution in [0.25, 0.3) is 0 Å². The average Bonchev–Trinajstić information content (AvgIpc) is 2.00. The predicted octanol–water partition coefficient (Wildman–Crippen LogP) is 1.88. The fourth-order valence-electron chi connectivity index (χ4n) is 1.17. The SMILES string of the molecule is CC(C)(O)CC=C1C=CC=C(N)C1. The minimum atomic E-state index is -0.628. The van der Waals surface area contributed by atoms with Crippen LogP contribution in [0, 0.1) is 0 Å². The van der Waals surface area contributed by atoms with E-state index in [-0.39, 0.29) is 0 Å². The van der Waals surface area contributed by atoms with E-state index in [0.717, 1.165) is 12.1 Å². The van der Waals surface area contributed by atoms with Gasteiger partial charge in [0.1, 0.15) is 0 Å². The van der Waals surface area contributed by atoms with Gasteiger partial charge in [0.05, 0.1) is 5.60 Å². The standard InChI is InChI=1S/C11H17NO/c1-11(2,13)7-6-9-4-3-5-10(12)8-9/h3-6,13H,7-8,12H2,1-2H3. The minimum absolute atomic E-state index is 0.628. The molecule has 0 atom stereocenters. The van der Waals surface area contributed by atoms with E-state index < -0.39 is 5.60 Å². The first-order valence-electron chi connectivity index (χ1n) is 4.51. The van der Waals surface area contributed by atoms with Gasteiger partial charge in [0.2, 0.25) is 0 Å². The van der Waals surface area contributed by atoms with Crippen molar-refractivity contribution in [1.82, 2.24) is 0 Å². The number of nitrogens with two attached hydrogens (primary N) is 1. The van der Waals surface area contributed by atoms with E-state index in [4.69, 9.17) is 5.73 Å². The molecule has 13 heavy (non-hydrogen) atoms. The maximum Gasteiger partial charge on any atom is 0.0626 e. The Balaban J connectivity index is 2.55. The molecule has 2 heteroatoms. The summed E-state index contributed by atoms with van der Waals surface area (Å²) in [5.74, 6) is 0. The lowest BCUT2D eigenvalue weighted by Gasteiger charge is -2.15. The molecule has 0 saturated carbocycles.